The Kier molecular flexibility index (Phi) is 5.53. The van der Waals surface area contributed by atoms with Crippen molar-refractivity contribution in [3.63, 3.8) is 0 Å². The SMILES string of the molecule is C=CCNCC(O)COc1ccc(F)cc1. The molecule has 0 bridgehead atoms. The molecule has 1 aromatic carbocycles. The van der Waals surface area contributed by atoms with E-state index < -0.39 is 6.10 Å². The molecule has 0 fully saturated rings. The molecule has 0 radical (unpaired) electrons. The zero-order chi connectivity index (χ0) is 11.8. The summed E-state index contributed by atoms with van der Waals surface area (Å²) >= 11 is 0. The summed E-state index contributed by atoms with van der Waals surface area (Å²) in [7, 11) is 0. The van der Waals surface area contributed by atoms with Gasteiger partial charge in [-0.3, -0.25) is 0 Å². The van der Waals surface area contributed by atoms with Crippen molar-refractivity contribution in [1.82, 2.24) is 5.32 Å². The Hall–Kier alpha value is -1.39. The minimum Gasteiger partial charge on any atom is -0.491 e. The van der Waals surface area contributed by atoms with Gasteiger partial charge in [-0.15, -0.1) is 6.58 Å². The number of benzene rings is 1. The number of halogens is 1. The molecule has 16 heavy (non-hydrogen) atoms. The lowest BCUT2D eigenvalue weighted by Crippen LogP contribution is -2.31. The second-order valence-corrected chi connectivity index (χ2v) is 3.37. The lowest BCUT2D eigenvalue weighted by Gasteiger charge is -2.12. The molecule has 1 rings (SSSR count). The number of hydrogen-bond acceptors (Lipinski definition) is 3. The van der Waals surface area contributed by atoms with Gasteiger partial charge in [0.05, 0.1) is 0 Å². The van der Waals surface area contributed by atoms with E-state index in [-0.39, 0.29) is 12.4 Å². The van der Waals surface area contributed by atoms with Crippen molar-refractivity contribution in [3.8, 4) is 5.75 Å². The van der Waals surface area contributed by atoms with Crippen molar-refractivity contribution in [2.24, 2.45) is 0 Å². The molecule has 3 nitrogen and oxygen atoms in total. The van der Waals surface area contributed by atoms with Crippen LogP contribution in [0.4, 0.5) is 4.39 Å². The highest BCUT2D eigenvalue weighted by molar-refractivity contribution is 5.22. The maximum absolute atomic E-state index is 12.6. The van der Waals surface area contributed by atoms with Crippen LogP contribution < -0.4 is 10.1 Å². The number of aliphatic hydroxyl groups excluding tert-OH is 1. The van der Waals surface area contributed by atoms with Crippen LogP contribution in [-0.2, 0) is 0 Å². The highest BCUT2D eigenvalue weighted by Crippen LogP contribution is 2.10. The second-order valence-electron chi connectivity index (χ2n) is 3.37. The monoisotopic (exact) mass is 225 g/mol. The largest absolute Gasteiger partial charge is 0.491 e. The van der Waals surface area contributed by atoms with E-state index in [1.165, 1.54) is 24.3 Å². The van der Waals surface area contributed by atoms with E-state index in [9.17, 15) is 9.50 Å². The molecular formula is C12H16FNO2. The van der Waals surface area contributed by atoms with E-state index in [4.69, 9.17) is 4.74 Å². The van der Waals surface area contributed by atoms with Gasteiger partial charge in [0.25, 0.3) is 0 Å². The van der Waals surface area contributed by atoms with Crippen molar-refractivity contribution in [2.45, 2.75) is 6.10 Å². The number of rotatable bonds is 7. The predicted molar refractivity (Wildman–Crippen MR) is 61.0 cm³/mol. The molecule has 4 heteroatoms. The molecule has 2 N–H and O–H groups in total. The quantitative estimate of drug-likeness (QED) is 0.543. The van der Waals surface area contributed by atoms with Crippen LogP contribution >= 0.6 is 0 Å². The van der Waals surface area contributed by atoms with Crippen molar-refractivity contribution in [2.75, 3.05) is 19.7 Å². The van der Waals surface area contributed by atoms with Gasteiger partial charge in [0.15, 0.2) is 0 Å². The third kappa shape index (κ3) is 4.91. The summed E-state index contributed by atoms with van der Waals surface area (Å²) in [5, 5.41) is 12.5. The van der Waals surface area contributed by atoms with Gasteiger partial charge in [0.2, 0.25) is 0 Å². The van der Waals surface area contributed by atoms with Crippen molar-refractivity contribution >= 4 is 0 Å². The summed E-state index contributed by atoms with van der Waals surface area (Å²) in [5.41, 5.74) is 0. The van der Waals surface area contributed by atoms with Gasteiger partial charge in [-0.1, -0.05) is 6.08 Å². The van der Waals surface area contributed by atoms with Crippen molar-refractivity contribution in [1.29, 1.82) is 0 Å². The lowest BCUT2D eigenvalue weighted by molar-refractivity contribution is 0.107. The number of nitrogens with one attached hydrogen (secondary N) is 1. The average molecular weight is 225 g/mol. The van der Waals surface area contributed by atoms with Crippen LogP contribution in [0.2, 0.25) is 0 Å². The van der Waals surface area contributed by atoms with Gasteiger partial charge in [0.1, 0.15) is 24.3 Å². The number of aliphatic hydroxyl groups is 1. The zero-order valence-corrected chi connectivity index (χ0v) is 9.03. The molecular weight excluding hydrogens is 209 g/mol. The Bertz CT molecular complexity index is 313. The molecule has 88 valence electrons. The number of ether oxygens (including phenoxy) is 1. The molecule has 0 aliphatic heterocycles. The van der Waals surface area contributed by atoms with Crippen LogP contribution in [0, 0.1) is 5.82 Å². The van der Waals surface area contributed by atoms with Gasteiger partial charge in [0, 0.05) is 13.1 Å². The first-order chi connectivity index (χ1) is 7.72. The summed E-state index contributed by atoms with van der Waals surface area (Å²) in [6.07, 6.45) is 1.12. The van der Waals surface area contributed by atoms with Crippen LogP contribution in [-0.4, -0.2) is 30.9 Å². The van der Waals surface area contributed by atoms with E-state index in [0.29, 0.717) is 18.8 Å². The summed E-state index contributed by atoms with van der Waals surface area (Å²) in [6, 6.07) is 5.69. The summed E-state index contributed by atoms with van der Waals surface area (Å²) in [6.45, 7) is 4.81. The standard InChI is InChI=1S/C12H16FNO2/c1-2-7-14-8-11(15)9-16-12-5-3-10(13)4-6-12/h2-6,11,14-15H,1,7-9H2. The topological polar surface area (TPSA) is 41.5 Å². The van der Waals surface area contributed by atoms with Crippen LogP contribution in [0.1, 0.15) is 0 Å². The highest BCUT2D eigenvalue weighted by Gasteiger charge is 2.04. The van der Waals surface area contributed by atoms with Crippen LogP contribution in [0.5, 0.6) is 5.75 Å². The zero-order valence-electron chi connectivity index (χ0n) is 9.03. The molecule has 0 spiro atoms. The van der Waals surface area contributed by atoms with E-state index in [1.54, 1.807) is 6.08 Å². The molecule has 0 aliphatic rings. The molecule has 1 atom stereocenters. The van der Waals surface area contributed by atoms with Crippen molar-refractivity contribution < 1.29 is 14.2 Å². The molecule has 1 aromatic rings. The molecule has 0 saturated heterocycles. The molecule has 0 heterocycles. The van der Waals surface area contributed by atoms with E-state index in [2.05, 4.69) is 11.9 Å². The van der Waals surface area contributed by atoms with Crippen molar-refractivity contribution in [3.05, 3.63) is 42.7 Å². The second kappa shape index (κ2) is 6.98. The van der Waals surface area contributed by atoms with Gasteiger partial charge in [-0.25, -0.2) is 4.39 Å². The Morgan fingerprint density at radius 3 is 2.75 bits per heavy atom. The normalized spacial score (nSPS) is 12.1. The Morgan fingerprint density at radius 2 is 2.12 bits per heavy atom. The molecule has 1 unspecified atom stereocenters. The Balaban J connectivity index is 2.23. The summed E-state index contributed by atoms with van der Waals surface area (Å²) in [4.78, 5) is 0. The van der Waals surface area contributed by atoms with Gasteiger partial charge >= 0.3 is 0 Å². The van der Waals surface area contributed by atoms with Gasteiger partial charge in [-0.2, -0.15) is 0 Å². The molecule has 0 saturated carbocycles. The van der Waals surface area contributed by atoms with E-state index in [0.717, 1.165) is 0 Å². The fourth-order valence-electron chi connectivity index (χ4n) is 1.13. The van der Waals surface area contributed by atoms with Crippen LogP contribution in [0.25, 0.3) is 0 Å². The summed E-state index contributed by atoms with van der Waals surface area (Å²) in [5.74, 6) is 0.240. The first-order valence-electron chi connectivity index (χ1n) is 5.10. The van der Waals surface area contributed by atoms with Gasteiger partial charge in [-0.05, 0) is 24.3 Å². The molecule has 0 aliphatic carbocycles. The van der Waals surface area contributed by atoms with E-state index >= 15 is 0 Å². The fraction of sp³-hybridized carbons (Fsp3) is 0.333. The lowest BCUT2D eigenvalue weighted by atomic mass is 10.3. The van der Waals surface area contributed by atoms with E-state index in [1.807, 2.05) is 0 Å². The Morgan fingerprint density at radius 1 is 1.44 bits per heavy atom. The predicted octanol–water partition coefficient (Wildman–Crippen LogP) is 1.34. The first kappa shape index (κ1) is 12.7. The minimum absolute atomic E-state index is 0.176. The maximum Gasteiger partial charge on any atom is 0.123 e. The molecule has 0 amide bonds. The molecule has 0 aromatic heterocycles. The average Bonchev–Trinajstić information content (AvgIpc) is 2.29. The third-order valence-electron chi connectivity index (χ3n) is 1.92. The fourth-order valence-corrected chi connectivity index (χ4v) is 1.13. The highest BCUT2D eigenvalue weighted by atomic mass is 19.1. The van der Waals surface area contributed by atoms with Crippen LogP contribution in [0.3, 0.4) is 0 Å². The first-order valence-corrected chi connectivity index (χ1v) is 5.10. The Labute approximate surface area is 94.6 Å². The third-order valence-corrected chi connectivity index (χ3v) is 1.92. The summed E-state index contributed by atoms with van der Waals surface area (Å²) < 4.78 is 17.8. The van der Waals surface area contributed by atoms with Gasteiger partial charge < -0.3 is 15.2 Å². The minimum atomic E-state index is -0.593. The maximum atomic E-state index is 12.6. The number of hydrogen-bond donors (Lipinski definition) is 2. The smallest absolute Gasteiger partial charge is 0.123 e. The van der Waals surface area contributed by atoms with Crippen LogP contribution in [0.15, 0.2) is 36.9 Å².